The number of phenolic OH excluding ortho intramolecular Hbond substituents is 1. The van der Waals surface area contributed by atoms with Crippen LogP contribution in [0.3, 0.4) is 0 Å². The summed E-state index contributed by atoms with van der Waals surface area (Å²) in [5.74, 6) is 0.443. The van der Waals surface area contributed by atoms with Crippen molar-refractivity contribution in [3.05, 3.63) is 47.3 Å². The highest BCUT2D eigenvalue weighted by atomic mass is 32.2. The van der Waals surface area contributed by atoms with Crippen molar-refractivity contribution in [2.45, 2.75) is 19.0 Å². The molecule has 0 aliphatic heterocycles. The van der Waals surface area contributed by atoms with E-state index < -0.39 is 0 Å². The fourth-order valence-electron chi connectivity index (χ4n) is 2.25. The van der Waals surface area contributed by atoms with Gasteiger partial charge in [0.05, 0.1) is 11.4 Å². The molecule has 1 aromatic carbocycles. The largest absolute Gasteiger partial charge is 0.508 e. The van der Waals surface area contributed by atoms with E-state index in [1.54, 1.807) is 24.3 Å². The second kappa shape index (κ2) is 6.25. The zero-order valence-electron chi connectivity index (χ0n) is 12.6. The molecule has 0 fully saturated rings. The minimum absolute atomic E-state index is 0.0251. The number of H-pyrrole nitrogens is 1. The van der Waals surface area contributed by atoms with Crippen LogP contribution in [0.25, 0.3) is 5.69 Å². The molecule has 23 heavy (non-hydrogen) atoms. The number of phenols is 1. The Morgan fingerprint density at radius 3 is 2.70 bits per heavy atom. The molecule has 7 nitrogen and oxygen atoms in total. The number of aryl methyl sites for hydroxylation is 2. The van der Waals surface area contributed by atoms with Crippen LogP contribution in [0.15, 0.2) is 35.5 Å². The van der Waals surface area contributed by atoms with E-state index in [0.717, 1.165) is 17.1 Å². The Labute approximate surface area is 136 Å². The monoisotopic (exact) mass is 329 g/mol. The zero-order valence-corrected chi connectivity index (χ0v) is 13.5. The predicted molar refractivity (Wildman–Crippen MR) is 86.1 cm³/mol. The molecule has 0 amide bonds. The van der Waals surface area contributed by atoms with Crippen molar-refractivity contribution in [1.29, 1.82) is 0 Å². The minimum atomic E-state index is 0.0251. The van der Waals surface area contributed by atoms with Gasteiger partial charge in [0, 0.05) is 17.0 Å². The number of nitrogens with one attached hydrogen (secondary N) is 1. The van der Waals surface area contributed by atoms with E-state index in [-0.39, 0.29) is 17.3 Å². The molecule has 0 aliphatic rings. The zero-order chi connectivity index (χ0) is 16.4. The first kappa shape index (κ1) is 15.3. The maximum atomic E-state index is 12.3. The number of hydrogen-bond acceptors (Lipinski definition) is 6. The van der Waals surface area contributed by atoms with Gasteiger partial charge in [-0.3, -0.25) is 4.79 Å². The fourth-order valence-corrected chi connectivity index (χ4v) is 3.02. The lowest BCUT2D eigenvalue weighted by Crippen LogP contribution is -2.05. The molecule has 118 valence electrons. The number of aromatic nitrogens is 5. The van der Waals surface area contributed by atoms with Crippen LogP contribution in [-0.2, 0) is 0 Å². The number of benzene rings is 1. The average molecular weight is 329 g/mol. The van der Waals surface area contributed by atoms with E-state index in [4.69, 9.17) is 0 Å². The highest BCUT2D eigenvalue weighted by Gasteiger charge is 2.15. The van der Waals surface area contributed by atoms with Crippen LogP contribution < -0.4 is 0 Å². The van der Waals surface area contributed by atoms with Gasteiger partial charge in [0.15, 0.2) is 5.78 Å². The molecule has 8 heteroatoms. The minimum Gasteiger partial charge on any atom is -0.508 e. The summed E-state index contributed by atoms with van der Waals surface area (Å²) in [5.41, 5.74) is 3.24. The van der Waals surface area contributed by atoms with Crippen molar-refractivity contribution in [1.82, 2.24) is 25.2 Å². The van der Waals surface area contributed by atoms with Crippen molar-refractivity contribution in [3.63, 3.8) is 0 Å². The van der Waals surface area contributed by atoms with E-state index in [2.05, 4.69) is 20.5 Å². The molecule has 2 aromatic heterocycles. The number of carbonyl (C=O) groups is 1. The van der Waals surface area contributed by atoms with Gasteiger partial charge >= 0.3 is 0 Å². The van der Waals surface area contributed by atoms with Crippen molar-refractivity contribution < 1.29 is 9.90 Å². The first-order valence-corrected chi connectivity index (χ1v) is 7.93. The predicted octanol–water partition coefficient (Wildman–Crippen LogP) is 2.29. The van der Waals surface area contributed by atoms with Gasteiger partial charge in [-0.25, -0.2) is 0 Å². The molecular weight excluding hydrogens is 314 g/mol. The number of tetrazole rings is 1. The summed E-state index contributed by atoms with van der Waals surface area (Å²) in [6.07, 6.45) is 0. The molecule has 3 rings (SSSR count). The molecule has 0 bridgehead atoms. The van der Waals surface area contributed by atoms with Crippen molar-refractivity contribution >= 4 is 17.5 Å². The number of aromatic amines is 1. The van der Waals surface area contributed by atoms with Crippen LogP contribution in [-0.4, -0.2) is 41.8 Å². The number of Topliss-reactive ketones (excluding diaryl/α,β-unsaturated/α-hetero) is 1. The normalized spacial score (nSPS) is 10.9. The molecule has 2 heterocycles. The van der Waals surface area contributed by atoms with Gasteiger partial charge in [-0.1, -0.05) is 11.8 Å². The number of aromatic hydroxyl groups is 1. The Morgan fingerprint density at radius 2 is 2.04 bits per heavy atom. The van der Waals surface area contributed by atoms with Gasteiger partial charge in [-0.15, -0.1) is 5.10 Å². The van der Waals surface area contributed by atoms with E-state index in [0.29, 0.717) is 10.7 Å². The highest BCUT2D eigenvalue weighted by Crippen LogP contribution is 2.21. The molecule has 0 spiro atoms. The van der Waals surface area contributed by atoms with Crippen LogP contribution in [0.5, 0.6) is 5.75 Å². The van der Waals surface area contributed by atoms with E-state index in [1.165, 1.54) is 16.4 Å². The van der Waals surface area contributed by atoms with Gasteiger partial charge < -0.3 is 10.1 Å². The number of rotatable bonds is 5. The second-order valence-corrected chi connectivity index (χ2v) is 6.04. The topological polar surface area (TPSA) is 96.7 Å². The summed E-state index contributed by atoms with van der Waals surface area (Å²) >= 11 is 1.27. The molecule has 0 radical (unpaired) electrons. The maximum absolute atomic E-state index is 12.3. The molecule has 3 aromatic rings. The third kappa shape index (κ3) is 3.26. The summed E-state index contributed by atoms with van der Waals surface area (Å²) < 4.78 is 1.53. The lowest BCUT2D eigenvalue weighted by molar-refractivity contribution is 0.102. The van der Waals surface area contributed by atoms with Gasteiger partial charge in [0.25, 0.3) is 0 Å². The summed E-state index contributed by atoms with van der Waals surface area (Å²) in [4.78, 5) is 15.4. The molecule has 0 unspecified atom stereocenters. The second-order valence-electron chi connectivity index (χ2n) is 5.09. The van der Waals surface area contributed by atoms with Gasteiger partial charge in [0.1, 0.15) is 5.75 Å². The molecule has 0 atom stereocenters. The van der Waals surface area contributed by atoms with Crippen molar-refractivity contribution in [2.75, 3.05) is 5.75 Å². The van der Waals surface area contributed by atoms with Gasteiger partial charge in [0.2, 0.25) is 5.16 Å². The average Bonchev–Trinajstić information content (AvgIpc) is 3.12. The summed E-state index contributed by atoms with van der Waals surface area (Å²) in [6.45, 7) is 3.80. The number of nitrogens with zero attached hydrogens (tertiary/aromatic N) is 4. The molecule has 2 N–H and O–H groups in total. The summed E-state index contributed by atoms with van der Waals surface area (Å²) in [5, 5.41) is 21.4. The van der Waals surface area contributed by atoms with Crippen LogP contribution in [0, 0.1) is 13.8 Å². The lowest BCUT2D eigenvalue weighted by Gasteiger charge is -2.04. The first-order valence-electron chi connectivity index (χ1n) is 6.94. The van der Waals surface area contributed by atoms with Crippen LogP contribution in [0.1, 0.15) is 21.7 Å². The molecular formula is C15H15N5O2S. The lowest BCUT2D eigenvalue weighted by atomic mass is 10.2. The SMILES string of the molecule is Cc1cc(C(=O)CSc2nnnn2-c2ccc(O)cc2)c(C)[nH]1. The van der Waals surface area contributed by atoms with Crippen molar-refractivity contribution in [3.8, 4) is 11.4 Å². The number of ketones is 1. The highest BCUT2D eigenvalue weighted by molar-refractivity contribution is 7.99. The Hall–Kier alpha value is -2.61. The van der Waals surface area contributed by atoms with Crippen molar-refractivity contribution in [2.24, 2.45) is 0 Å². The number of hydrogen-bond donors (Lipinski definition) is 2. The number of carbonyl (C=O) groups excluding carboxylic acids is 1. The third-order valence-corrected chi connectivity index (χ3v) is 4.24. The Morgan fingerprint density at radius 1 is 1.30 bits per heavy atom. The Balaban J connectivity index is 1.74. The Kier molecular flexibility index (Phi) is 4.16. The number of thioether (sulfide) groups is 1. The fraction of sp³-hybridized carbons (Fsp3) is 0.200. The van der Waals surface area contributed by atoms with Crippen LogP contribution in [0.4, 0.5) is 0 Å². The summed E-state index contributed by atoms with van der Waals surface area (Å²) in [6, 6.07) is 8.38. The van der Waals surface area contributed by atoms with E-state index in [9.17, 15) is 9.90 Å². The maximum Gasteiger partial charge on any atom is 0.214 e. The standard InChI is InChI=1S/C15H15N5O2S/c1-9-7-13(10(2)16-9)14(22)8-23-15-17-18-19-20(15)11-3-5-12(21)6-4-11/h3-7,16,21H,8H2,1-2H3. The Bertz CT molecular complexity index is 838. The molecule has 0 saturated heterocycles. The van der Waals surface area contributed by atoms with Crippen LogP contribution in [0.2, 0.25) is 0 Å². The van der Waals surface area contributed by atoms with Gasteiger partial charge in [-0.2, -0.15) is 4.68 Å². The smallest absolute Gasteiger partial charge is 0.214 e. The van der Waals surface area contributed by atoms with Gasteiger partial charge in [-0.05, 0) is 54.6 Å². The quantitative estimate of drug-likeness (QED) is 0.551. The van der Waals surface area contributed by atoms with E-state index >= 15 is 0 Å². The molecule has 0 saturated carbocycles. The van der Waals surface area contributed by atoms with Crippen LogP contribution >= 0.6 is 11.8 Å². The first-order chi connectivity index (χ1) is 11.0. The van der Waals surface area contributed by atoms with E-state index in [1.807, 2.05) is 19.9 Å². The third-order valence-electron chi connectivity index (χ3n) is 3.32. The summed E-state index contributed by atoms with van der Waals surface area (Å²) in [7, 11) is 0. The molecule has 0 aliphatic carbocycles.